The van der Waals surface area contributed by atoms with Gasteiger partial charge in [-0.05, 0) is 66.4 Å². The smallest absolute Gasteiger partial charge is 0.322 e. The maximum absolute atomic E-state index is 14.5. The molecule has 6 rings (SSSR count). The van der Waals surface area contributed by atoms with Crippen LogP contribution in [0.4, 0.5) is 4.79 Å². The van der Waals surface area contributed by atoms with Crippen molar-refractivity contribution in [1.82, 2.24) is 20.4 Å². The third-order valence-corrected chi connectivity index (χ3v) is 8.85. The molecule has 2 heterocycles. The van der Waals surface area contributed by atoms with E-state index in [0.717, 1.165) is 11.1 Å². The molecule has 49 heavy (non-hydrogen) atoms. The third-order valence-electron chi connectivity index (χ3n) is 8.85. The van der Waals surface area contributed by atoms with Crippen LogP contribution in [0.25, 0.3) is 0 Å². The molecule has 0 fully saturated rings. The zero-order chi connectivity index (χ0) is 34.3. The molecule has 0 spiro atoms. The predicted octanol–water partition coefficient (Wildman–Crippen LogP) is 5.65. The van der Waals surface area contributed by atoms with Crippen LogP contribution in [-0.4, -0.2) is 67.5 Å². The summed E-state index contributed by atoms with van der Waals surface area (Å²) >= 11 is 0. The maximum atomic E-state index is 14.5. The minimum Gasteiger partial charge on any atom is -0.493 e. The Hall–Kier alpha value is -5.77. The van der Waals surface area contributed by atoms with Gasteiger partial charge in [-0.2, -0.15) is 0 Å². The Morgan fingerprint density at radius 1 is 0.857 bits per heavy atom. The zero-order valence-electron chi connectivity index (χ0n) is 27.8. The summed E-state index contributed by atoms with van der Waals surface area (Å²) in [7, 11) is 3.17. The predicted molar refractivity (Wildman–Crippen MR) is 186 cm³/mol. The standard InChI is InChI=1S/C39H40N4O6/c1-4-42-32-25-43(38(45)35(32)36(41-39(42)46)28-14-11-17-30(24-28)49-29-15-9-6-10-16-29)31(22-26-12-7-5-8-13-26)37(44)40-21-20-27-18-19-33(47-2)34(23-27)48-3/h5-19,23-24,31,36H,4,20-22,25H2,1-3H3,(H,40,44)(H,41,46)/t31-,36+/m0/s1. The van der Waals surface area contributed by atoms with Crippen LogP contribution in [-0.2, 0) is 22.4 Å². The lowest BCUT2D eigenvalue weighted by molar-refractivity contribution is -0.136. The van der Waals surface area contributed by atoms with Gasteiger partial charge in [-0.15, -0.1) is 0 Å². The Kier molecular flexibility index (Phi) is 10.1. The summed E-state index contributed by atoms with van der Waals surface area (Å²) in [4.78, 5) is 45.1. The number of rotatable bonds is 13. The first-order valence-corrected chi connectivity index (χ1v) is 16.4. The lowest BCUT2D eigenvalue weighted by Crippen LogP contribution is -2.50. The van der Waals surface area contributed by atoms with E-state index in [-0.39, 0.29) is 24.4 Å². The molecule has 4 aromatic carbocycles. The highest BCUT2D eigenvalue weighted by Crippen LogP contribution is 2.38. The molecule has 0 unspecified atom stereocenters. The minimum absolute atomic E-state index is 0.132. The second-order valence-electron chi connectivity index (χ2n) is 11.8. The number of urea groups is 1. The largest absolute Gasteiger partial charge is 0.493 e. The molecule has 0 saturated heterocycles. The van der Waals surface area contributed by atoms with Gasteiger partial charge in [0.1, 0.15) is 17.5 Å². The topological polar surface area (TPSA) is 109 Å². The van der Waals surface area contributed by atoms with E-state index in [1.165, 1.54) is 0 Å². The molecule has 0 radical (unpaired) electrons. The molecule has 0 saturated carbocycles. The van der Waals surface area contributed by atoms with Gasteiger partial charge in [0, 0.05) is 19.5 Å². The summed E-state index contributed by atoms with van der Waals surface area (Å²) in [6.07, 6.45) is 0.867. The van der Waals surface area contributed by atoms with E-state index >= 15 is 0 Å². The lowest BCUT2D eigenvalue weighted by Gasteiger charge is -2.33. The Balaban J connectivity index is 1.26. The number of hydrogen-bond donors (Lipinski definition) is 2. The van der Waals surface area contributed by atoms with Crippen LogP contribution >= 0.6 is 0 Å². The quantitative estimate of drug-likeness (QED) is 0.192. The van der Waals surface area contributed by atoms with Gasteiger partial charge in [0.15, 0.2) is 11.5 Å². The molecule has 2 atom stereocenters. The fourth-order valence-electron chi connectivity index (χ4n) is 6.40. The van der Waals surface area contributed by atoms with Crippen LogP contribution in [0.15, 0.2) is 114 Å². The summed E-state index contributed by atoms with van der Waals surface area (Å²) in [5.41, 5.74) is 3.65. The molecule has 4 amide bonds. The summed E-state index contributed by atoms with van der Waals surface area (Å²) in [6, 6.07) is 30.3. The number of amides is 4. The number of hydrogen-bond acceptors (Lipinski definition) is 6. The summed E-state index contributed by atoms with van der Waals surface area (Å²) in [6.45, 7) is 2.73. The molecule has 2 N–H and O–H groups in total. The van der Waals surface area contributed by atoms with Crippen LogP contribution in [0, 0.1) is 0 Å². The van der Waals surface area contributed by atoms with Crippen LogP contribution in [0.2, 0.25) is 0 Å². The van der Waals surface area contributed by atoms with Gasteiger partial charge in [0.2, 0.25) is 5.91 Å². The monoisotopic (exact) mass is 660 g/mol. The highest BCUT2D eigenvalue weighted by Gasteiger charge is 2.46. The average Bonchev–Trinajstić information content (AvgIpc) is 3.47. The van der Waals surface area contributed by atoms with E-state index in [9.17, 15) is 14.4 Å². The van der Waals surface area contributed by atoms with Gasteiger partial charge in [-0.3, -0.25) is 14.5 Å². The van der Waals surface area contributed by atoms with Crippen molar-refractivity contribution in [3.8, 4) is 23.0 Å². The number of ether oxygens (including phenoxy) is 3. The van der Waals surface area contributed by atoms with Crippen molar-refractivity contribution in [3.05, 3.63) is 131 Å². The van der Waals surface area contributed by atoms with Gasteiger partial charge in [0.25, 0.3) is 5.91 Å². The number of nitrogens with one attached hydrogen (secondary N) is 2. The lowest BCUT2D eigenvalue weighted by atomic mass is 9.95. The molecule has 10 nitrogen and oxygen atoms in total. The molecule has 4 aromatic rings. The highest BCUT2D eigenvalue weighted by molar-refractivity contribution is 6.03. The summed E-state index contributed by atoms with van der Waals surface area (Å²) in [5.74, 6) is 1.94. The third kappa shape index (κ3) is 7.23. The van der Waals surface area contributed by atoms with Crippen LogP contribution in [0.5, 0.6) is 23.0 Å². The van der Waals surface area contributed by atoms with Crippen molar-refractivity contribution in [1.29, 1.82) is 0 Å². The second-order valence-corrected chi connectivity index (χ2v) is 11.8. The Morgan fingerprint density at radius 2 is 1.57 bits per heavy atom. The number of carbonyl (C=O) groups is 3. The van der Waals surface area contributed by atoms with Gasteiger partial charge in [-0.25, -0.2) is 4.79 Å². The molecule has 0 aromatic heterocycles. The highest BCUT2D eigenvalue weighted by atomic mass is 16.5. The molecule has 10 heteroatoms. The molecular formula is C39H40N4O6. The number of para-hydroxylation sites is 1. The number of benzene rings is 4. The molecule has 2 aliphatic heterocycles. The van der Waals surface area contributed by atoms with Crippen LogP contribution in [0.3, 0.4) is 0 Å². The van der Waals surface area contributed by atoms with Gasteiger partial charge < -0.3 is 29.7 Å². The van der Waals surface area contributed by atoms with Gasteiger partial charge in [-0.1, -0.05) is 66.7 Å². The summed E-state index contributed by atoms with van der Waals surface area (Å²) in [5, 5.41) is 6.11. The van der Waals surface area contributed by atoms with Crippen LogP contribution < -0.4 is 24.8 Å². The molecule has 2 aliphatic rings. The molecule has 0 aliphatic carbocycles. The van der Waals surface area contributed by atoms with Crippen molar-refractivity contribution in [2.24, 2.45) is 0 Å². The summed E-state index contributed by atoms with van der Waals surface area (Å²) < 4.78 is 16.8. The van der Waals surface area contributed by atoms with Crippen molar-refractivity contribution < 1.29 is 28.6 Å². The van der Waals surface area contributed by atoms with E-state index in [0.29, 0.717) is 65.8 Å². The van der Waals surface area contributed by atoms with Crippen molar-refractivity contribution in [2.45, 2.75) is 31.8 Å². The maximum Gasteiger partial charge on any atom is 0.322 e. The Bertz CT molecular complexity index is 1840. The zero-order valence-corrected chi connectivity index (χ0v) is 27.8. The Morgan fingerprint density at radius 3 is 2.29 bits per heavy atom. The van der Waals surface area contributed by atoms with Gasteiger partial charge >= 0.3 is 6.03 Å². The first-order valence-electron chi connectivity index (χ1n) is 16.4. The normalized spacial score (nSPS) is 16.2. The number of carbonyl (C=O) groups excluding carboxylic acids is 3. The van der Waals surface area contributed by atoms with E-state index in [4.69, 9.17) is 14.2 Å². The molecule has 252 valence electrons. The van der Waals surface area contributed by atoms with Crippen molar-refractivity contribution >= 4 is 17.8 Å². The van der Waals surface area contributed by atoms with Gasteiger partial charge in [0.05, 0.1) is 38.1 Å². The van der Waals surface area contributed by atoms with E-state index in [1.54, 1.807) is 24.0 Å². The van der Waals surface area contributed by atoms with E-state index in [1.807, 2.05) is 110 Å². The molecular weight excluding hydrogens is 620 g/mol. The number of nitrogens with zero attached hydrogens (tertiary/aromatic N) is 2. The molecule has 0 bridgehead atoms. The van der Waals surface area contributed by atoms with Crippen molar-refractivity contribution in [3.63, 3.8) is 0 Å². The van der Waals surface area contributed by atoms with Crippen LogP contribution in [0.1, 0.15) is 29.7 Å². The van der Waals surface area contributed by atoms with Crippen molar-refractivity contribution in [2.75, 3.05) is 33.9 Å². The van der Waals surface area contributed by atoms with E-state index in [2.05, 4.69) is 10.6 Å². The number of likely N-dealkylation sites (N-methyl/N-ethyl adjacent to an activating group) is 1. The first kappa shape index (κ1) is 33.1. The average molecular weight is 661 g/mol. The second kappa shape index (κ2) is 15.0. The van der Waals surface area contributed by atoms with E-state index < -0.39 is 12.1 Å². The first-order chi connectivity index (χ1) is 23.9. The fraction of sp³-hybridized carbons (Fsp3) is 0.256. The fourth-order valence-corrected chi connectivity index (χ4v) is 6.40. The Labute approximate surface area is 286 Å². The minimum atomic E-state index is -0.812. The SMILES string of the molecule is CCN1C(=O)N[C@H](c2cccc(Oc3ccccc3)c2)C2=C1CN([C@@H](Cc1ccccc1)C(=O)NCCc1ccc(OC)c(OC)c1)C2=O. The number of methoxy groups -OCH3 is 2.